The maximum absolute atomic E-state index is 6.06. The Bertz CT molecular complexity index is 527. The van der Waals surface area contributed by atoms with Gasteiger partial charge in [0.05, 0.1) is 11.1 Å². The maximum Gasteiger partial charge on any atom is 0.174 e. The first-order valence-corrected chi connectivity index (χ1v) is 6.43. The second-order valence-corrected chi connectivity index (χ2v) is 5.52. The average Bonchev–Trinajstić information content (AvgIpc) is 2.64. The molecular formula is C11H12BrClN4. The van der Waals surface area contributed by atoms with Gasteiger partial charge in [-0.1, -0.05) is 15.9 Å². The van der Waals surface area contributed by atoms with Crippen molar-refractivity contribution in [3.63, 3.8) is 0 Å². The van der Waals surface area contributed by atoms with Crippen LogP contribution in [0.5, 0.6) is 0 Å². The van der Waals surface area contributed by atoms with E-state index >= 15 is 0 Å². The lowest BCUT2D eigenvalue weighted by Gasteiger charge is -2.12. The monoisotopic (exact) mass is 314 g/mol. The number of rotatable bonds is 2. The Hall–Kier alpha value is -0.940. The Morgan fingerprint density at radius 3 is 2.41 bits per heavy atom. The van der Waals surface area contributed by atoms with Crippen LogP contribution >= 0.6 is 27.5 Å². The zero-order chi connectivity index (χ0) is 12.6. The molecule has 1 unspecified atom stereocenters. The molecule has 0 bridgehead atoms. The van der Waals surface area contributed by atoms with Crippen molar-refractivity contribution in [3.05, 3.63) is 33.6 Å². The molecular weight excluding hydrogens is 304 g/mol. The van der Waals surface area contributed by atoms with Gasteiger partial charge in [-0.2, -0.15) is 4.68 Å². The lowest BCUT2D eigenvalue weighted by atomic mass is 10.1. The normalized spacial score (nSPS) is 12.8. The molecule has 1 heterocycles. The molecule has 2 aromatic rings. The number of hydrogen-bond acceptors (Lipinski definition) is 3. The van der Waals surface area contributed by atoms with E-state index < -0.39 is 0 Å². The highest BCUT2D eigenvalue weighted by Gasteiger charge is 2.16. The predicted molar refractivity (Wildman–Crippen MR) is 70.6 cm³/mol. The Labute approximate surface area is 113 Å². The molecule has 90 valence electrons. The van der Waals surface area contributed by atoms with Gasteiger partial charge in [-0.05, 0) is 54.5 Å². The van der Waals surface area contributed by atoms with Gasteiger partial charge in [0.2, 0.25) is 0 Å². The van der Waals surface area contributed by atoms with Crippen molar-refractivity contribution in [2.24, 2.45) is 0 Å². The van der Waals surface area contributed by atoms with Crippen LogP contribution in [0.3, 0.4) is 0 Å². The third kappa shape index (κ3) is 2.35. The SMILES string of the molecule is Cc1cc(Br)cc(C)c1-n1nnnc1C(C)Cl. The number of alkyl halides is 1. The van der Waals surface area contributed by atoms with E-state index in [1.165, 1.54) is 0 Å². The zero-order valence-electron chi connectivity index (χ0n) is 9.78. The van der Waals surface area contributed by atoms with Crippen LogP contribution in [-0.2, 0) is 0 Å². The molecule has 1 atom stereocenters. The van der Waals surface area contributed by atoms with Gasteiger partial charge in [0.25, 0.3) is 0 Å². The molecule has 0 saturated carbocycles. The number of hydrogen-bond donors (Lipinski definition) is 0. The van der Waals surface area contributed by atoms with Crippen LogP contribution in [0, 0.1) is 13.8 Å². The number of tetrazole rings is 1. The van der Waals surface area contributed by atoms with Crippen LogP contribution in [0.25, 0.3) is 5.69 Å². The topological polar surface area (TPSA) is 43.6 Å². The predicted octanol–water partition coefficient (Wildman–Crippen LogP) is 3.34. The molecule has 0 spiro atoms. The average molecular weight is 316 g/mol. The molecule has 1 aromatic carbocycles. The smallest absolute Gasteiger partial charge is 0.174 e. The van der Waals surface area contributed by atoms with Gasteiger partial charge in [-0.25, -0.2) is 0 Å². The first-order valence-electron chi connectivity index (χ1n) is 5.20. The Morgan fingerprint density at radius 1 is 1.29 bits per heavy atom. The highest BCUT2D eigenvalue weighted by Crippen LogP contribution is 2.26. The van der Waals surface area contributed by atoms with E-state index in [4.69, 9.17) is 11.6 Å². The third-order valence-electron chi connectivity index (χ3n) is 2.52. The lowest BCUT2D eigenvalue weighted by molar-refractivity contribution is 0.752. The first kappa shape index (κ1) is 12.5. The summed E-state index contributed by atoms with van der Waals surface area (Å²) in [5, 5.41) is 11.4. The first-order chi connectivity index (χ1) is 8.00. The van der Waals surface area contributed by atoms with Crippen LogP contribution in [0.2, 0.25) is 0 Å². The summed E-state index contributed by atoms with van der Waals surface area (Å²) in [7, 11) is 0. The molecule has 1 aromatic heterocycles. The Balaban J connectivity index is 2.64. The fraction of sp³-hybridized carbons (Fsp3) is 0.364. The van der Waals surface area contributed by atoms with Crippen LogP contribution in [0.4, 0.5) is 0 Å². The molecule has 0 N–H and O–H groups in total. The van der Waals surface area contributed by atoms with E-state index in [1.54, 1.807) is 4.68 Å². The van der Waals surface area contributed by atoms with E-state index in [1.807, 2.05) is 32.9 Å². The van der Waals surface area contributed by atoms with Crippen molar-refractivity contribution in [3.8, 4) is 5.69 Å². The largest absolute Gasteiger partial charge is 0.195 e. The Kier molecular flexibility index (Phi) is 3.49. The van der Waals surface area contributed by atoms with Gasteiger partial charge in [0.15, 0.2) is 5.82 Å². The molecule has 17 heavy (non-hydrogen) atoms. The van der Waals surface area contributed by atoms with Gasteiger partial charge in [0.1, 0.15) is 0 Å². The Morgan fingerprint density at radius 2 is 1.88 bits per heavy atom. The number of benzene rings is 1. The summed E-state index contributed by atoms with van der Waals surface area (Å²) in [5.41, 5.74) is 3.19. The van der Waals surface area contributed by atoms with Crippen molar-refractivity contribution >= 4 is 27.5 Å². The van der Waals surface area contributed by atoms with E-state index in [9.17, 15) is 0 Å². The lowest BCUT2D eigenvalue weighted by Crippen LogP contribution is -2.07. The summed E-state index contributed by atoms with van der Waals surface area (Å²) in [6, 6.07) is 4.07. The molecule has 0 aliphatic carbocycles. The molecule has 0 fully saturated rings. The van der Waals surface area contributed by atoms with Crippen molar-refractivity contribution in [1.29, 1.82) is 0 Å². The summed E-state index contributed by atoms with van der Waals surface area (Å²) >= 11 is 9.53. The molecule has 6 heteroatoms. The minimum atomic E-state index is -0.229. The zero-order valence-corrected chi connectivity index (χ0v) is 12.1. The molecule has 0 aliphatic rings. The van der Waals surface area contributed by atoms with E-state index in [0.717, 1.165) is 21.3 Å². The summed E-state index contributed by atoms with van der Waals surface area (Å²) in [6.45, 7) is 5.90. The second kappa shape index (κ2) is 4.74. The van der Waals surface area contributed by atoms with Crippen molar-refractivity contribution in [2.75, 3.05) is 0 Å². The highest BCUT2D eigenvalue weighted by molar-refractivity contribution is 9.10. The second-order valence-electron chi connectivity index (χ2n) is 3.95. The van der Waals surface area contributed by atoms with Gasteiger partial charge in [-0.15, -0.1) is 16.7 Å². The molecule has 2 rings (SSSR count). The highest BCUT2D eigenvalue weighted by atomic mass is 79.9. The molecule has 0 radical (unpaired) electrons. The minimum Gasteiger partial charge on any atom is -0.195 e. The van der Waals surface area contributed by atoms with Crippen LogP contribution < -0.4 is 0 Å². The van der Waals surface area contributed by atoms with E-state index in [0.29, 0.717) is 5.82 Å². The molecule has 4 nitrogen and oxygen atoms in total. The van der Waals surface area contributed by atoms with Crippen LogP contribution in [-0.4, -0.2) is 20.2 Å². The van der Waals surface area contributed by atoms with Crippen molar-refractivity contribution < 1.29 is 0 Å². The van der Waals surface area contributed by atoms with Gasteiger partial charge in [-0.3, -0.25) is 0 Å². The van der Waals surface area contributed by atoms with Gasteiger partial charge < -0.3 is 0 Å². The van der Waals surface area contributed by atoms with Crippen molar-refractivity contribution in [1.82, 2.24) is 20.2 Å². The van der Waals surface area contributed by atoms with Gasteiger partial charge >= 0.3 is 0 Å². The maximum atomic E-state index is 6.06. The van der Waals surface area contributed by atoms with E-state index in [-0.39, 0.29) is 5.38 Å². The summed E-state index contributed by atoms with van der Waals surface area (Å²) in [6.07, 6.45) is 0. The number of aryl methyl sites for hydroxylation is 2. The summed E-state index contributed by atoms with van der Waals surface area (Å²) < 4.78 is 2.75. The fourth-order valence-corrected chi connectivity index (χ4v) is 2.66. The fourth-order valence-electron chi connectivity index (χ4n) is 1.84. The molecule has 0 amide bonds. The molecule has 0 aliphatic heterocycles. The summed E-state index contributed by atoms with van der Waals surface area (Å²) in [5.74, 6) is 0.653. The number of aromatic nitrogens is 4. The number of halogens is 2. The van der Waals surface area contributed by atoms with Crippen LogP contribution in [0.15, 0.2) is 16.6 Å². The van der Waals surface area contributed by atoms with Gasteiger partial charge in [0, 0.05) is 4.47 Å². The number of nitrogens with zero attached hydrogens (tertiary/aromatic N) is 4. The molecule has 0 saturated heterocycles. The minimum absolute atomic E-state index is 0.229. The standard InChI is InChI=1S/C11H12BrClN4/c1-6-4-9(12)5-7(2)10(6)17-11(8(3)13)14-15-16-17/h4-5,8H,1-3H3. The van der Waals surface area contributed by atoms with Crippen LogP contribution in [0.1, 0.15) is 29.3 Å². The van der Waals surface area contributed by atoms with Crippen molar-refractivity contribution in [2.45, 2.75) is 26.1 Å². The summed E-state index contributed by atoms with van der Waals surface area (Å²) in [4.78, 5) is 0. The quantitative estimate of drug-likeness (QED) is 0.798. The van der Waals surface area contributed by atoms with E-state index in [2.05, 4.69) is 31.5 Å². The third-order valence-corrected chi connectivity index (χ3v) is 3.17.